The number of hydrogen-bond acceptors (Lipinski definition) is 7. The smallest absolute Gasteiger partial charge is 0.324 e. The number of non-ortho nitro benzene ring substituents is 1. The molecule has 38 heavy (non-hydrogen) atoms. The molecule has 14 heteroatoms. The quantitative estimate of drug-likeness (QED) is 0.164. The molecule has 1 N–H and O–H groups in total. The Morgan fingerprint density at radius 3 is 2.58 bits per heavy atom. The molecular formula is C24H14ClF3N6O3S. The Labute approximate surface area is 222 Å². The van der Waals surface area contributed by atoms with E-state index in [2.05, 4.69) is 15.5 Å². The number of thioether (sulfide) groups is 1. The first-order valence-corrected chi connectivity index (χ1v) is 11.9. The number of nitrogens with zero attached hydrogens (tertiary/aromatic N) is 5. The van der Waals surface area contributed by atoms with Crippen LogP contribution in [0.1, 0.15) is 11.1 Å². The molecule has 0 saturated carbocycles. The van der Waals surface area contributed by atoms with Gasteiger partial charge >= 0.3 is 6.18 Å². The molecule has 0 atom stereocenters. The van der Waals surface area contributed by atoms with E-state index >= 15 is 0 Å². The fourth-order valence-corrected chi connectivity index (χ4v) is 4.40. The summed E-state index contributed by atoms with van der Waals surface area (Å²) in [6.07, 6.45) is -4.69. The lowest BCUT2D eigenvalue weighted by molar-refractivity contribution is -0.384. The molecule has 0 spiro atoms. The van der Waals surface area contributed by atoms with Gasteiger partial charge in [0.15, 0.2) is 11.0 Å². The van der Waals surface area contributed by atoms with Crippen LogP contribution < -0.4 is 5.32 Å². The zero-order chi connectivity index (χ0) is 27.4. The summed E-state index contributed by atoms with van der Waals surface area (Å²) in [7, 11) is 0. The second-order valence-corrected chi connectivity index (χ2v) is 8.98. The van der Waals surface area contributed by atoms with Crippen LogP contribution in [0.25, 0.3) is 17.1 Å². The molecule has 1 amide bonds. The van der Waals surface area contributed by atoms with Crippen molar-refractivity contribution >= 4 is 40.6 Å². The van der Waals surface area contributed by atoms with Crippen molar-refractivity contribution in [3.8, 4) is 23.1 Å². The van der Waals surface area contributed by atoms with E-state index < -0.39 is 22.6 Å². The van der Waals surface area contributed by atoms with Gasteiger partial charge in [-0.25, -0.2) is 0 Å². The molecule has 0 radical (unpaired) electrons. The van der Waals surface area contributed by atoms with E-state index in [0.717, 1.165) is 30.0 Å². The molecule has 4 aromatic rings. The maximum absolute atomic E-state index is 13.9. The zero-order valence-electron chi connectivity index (χ0n) is 18.9. The van der Waals surface area contributed by atoms with E-state index in [4.69, 9.17) is 11.6 Å². The number of amides is 1. The van der Waals surface area contributed by atoms with E-state index in [9.17, 15) is 33.3 Å². The van der Waals surface area contributed by atoms with Crippen LogP contribution in [-0.2, 0) is 11.0 Å². The Hall–Kier alpha value is -4.41. The highest BCUT2D eigenvalue weighted by atomic mass is 35.5. The Balaban J connectivity index is 1.67. The monoisotopic (exact) mass is 558 g/mol. The van der Waals surface area contributed by atoms with Gasteiger partial charge in [-0.3, -0.25) is 19.5 Å². The molecule has 4 rings (SSSR count). The first-order valence-electron chi connectivity index (χ1n) is 10.6. The van der Waals surface area contributed by atoms with Gasteiger partial charge in [-0.2, -0.15) is 18.4 Å². The van der Waals surface area contributed by atoms with E-state index in [1.807, 2.05) is 0 Å². The average molecular weight is 559 g/mol. The molecular weight excluding hydrogens is 545 g/mol. The maximum Gasteiger partial charge on any atom is 0.418 e. The summed E-state index contributed by atoms with van der Waals surface area (Å²) in [5.74, 6) is -0.860. The number of alkyl halides is 3. The molecule has 0 bridgehead atoms. The van der Waals surface area contributed by atoms with Crippen molar-refractivity contribution in [2.24, 2.45) is 0 Å². The number of halogens is 4. The van der Waals surface area contributed by atoms with Crippen LogP contribution in [0.4, 0.5) is 24.5 Å². The molecule has 192 valence electrons. The molecule has 9 nitrogen and oxygen atoms in total. The highest BCUT2D eigenvalue weighted by molar-refractivity contribution is 7.99. The van der Waals surface area contributed by atoms with Crippen LogP contribution >= 0.6 is 23.4 Å². The number of carbonyl (C=O) groups excluding carboxylic acids is 1. The van der Waals surface area contributed by atoms with Crippen LogP contribution in [0.2, 0.25) is 5.02 Å². The predicted octanol–water partition coefficient (Wildman–Crippen LogP) is 6.12. The fraction of sp³-hybridized carbons (Fsp3) is 0.0833. The van der Waals surface area contributed by atoms with Crippen molar-refractivity contribution in [1.29, 1.82) is 5.26 Å². The Bertz CT molecular complexity index is 1590. The molecule has 3 aromatic carbocycles. The standard InChI is InChI=1S/C24H14ClF3N6O3S/c25-16-5-3-4-14(10-16)22-31-32-23(33(22)20-7-2-1-6-18(20)24(26,27)28)38-13-21(35)30-19-9-8-17(34(36)37)11-15(19)12-29/h1-11H,13H2,(H,30,35). The average Bonchev–Trinajstić information content (AvgIpc) is 3.31. The number of rotatable bonds is 7. The van der Waals surface area contributed by atoms with Gasteiger partial charge in [-0.1, -0.05) is 47.6 Å². The summed E-state index contributed by atoms with van der Waals surface area (Å²) < 4.78 is 42.8. The van der Waals surface area contributed by atoms with E-state index in [0.29, 0.717) is 10.6 Å². The number of anilines is 1. The van der Waals surface area contributed by atoms with Crippen molar-refractivity contribution in [3.05, 3.63) is 93.0 Å². The number of nitrogens with one attached hydrogen (secondary N) is 1. The molecule has 0 unspecified atom stereocenters. The summed E-state index contributed by atoms with van der Waals surface area (Å²) in [6.45, 7) is 0. The van der Waals surface area contributed by atoms with Gasteiger partial charge < -0.3 is 5.32 Å². The largest absolute Gasteiger partial charge is 0.418 e. The van der Waals surface area contributed by atoms with Crippen molar-refractivity contribution < 1.29 is 22.9 Å². The fourth-order valence-electron chi connectivity index (χ4n) is 3.47. The minimum atomic E-state index is -4.69. The first-order chi connectivity index (χ1) is 18.1. The third-order valence-corrected chi connectivity index (χ3v) is 6.27. The maximum atomic E-state index is 13.9. The van der Waals surface area contributed by atoms with Crippen LogP contribution in [-0.4, -0.2) is 31.3 Å². The number of benzene rings is 3. The van der Waals surface area contributed by atoms with Crippen molar-refractivity contribution in [2.45, 2.75) is 11.3 Å². The second-order valence-electron chi connectivity index (χ2n) is 7.60. The topological polar surface area (TPSA) is 127 Å². The summed E-state index contributed by atoms with van der Waals surface area (Å²) in [5, 5.41) is 31.1. The summed E-state index contributed by atoms with van der Waals surface area (Å²) >= 11 is 6.90. The Morgan fingerprint density at radius 2 is 1.89 bits per heavy atom. The number of hydrogen-bond donors (Lipinski definition) is 1. The number of aromatic nitrogens is 3. The van der Waals surface area contributed by atoms with Crippen molar-refractivity contribution in [1.82, 2.24) is 14.8 Å². The van der Waals surface area contributed by atoms with Crippen LogP contribution in [0.15, 0.2) is 71.9 Å². The van der Waals surface area contributed by atoms with Gasteiger partial charge in [0.05, 0.1) is 33.2 Å². The second kappa shape index (κ2) is 10.9. The third-order valence-electron chi connectivity index (χ3n) is 5.11. The zero-order valence-corrected chi connectivity index (χ0v) is 20.5. The molecule has 0 saturated heterocycles. The summed E-state index contributed by atoms with van der Waals surface area (Å²) in [4.78, 5) is 22.9. The number of para-hydroxylation sites is 1. The highest BCUT2D eigenvalue weighted by Crippen LogP contribution is 2.37. The Kier molecular flexibility index (Phi) is 7.65. The molecule has 0 aliphatic carbocycles. The minimum absolute atomic E-state index is 0.00367. The van der Waals surface area contributed by atoms with Crippen molar-refractivity contribution in [3.63, 3.8) is 0 Å². The van der Waals surface area contributed by atoms with Gasteiger partial charge in [0.25, 0.3) is 5.69 Å². The number of carbonyl (C=O) groups is 1. The lowest BCUT2D eigenvalue weighted by Gasteiger charge is -2.16. The van der Waals surface area contributed by atoms with E-state index in [-0.39, 0.29) is 39.4 Å². The normalized spacial score (nSPS) is 11.1. The van der Waals surface area contributed by atoms with Crippen molar-refractivity contribution in [2.75, 3.05) is 11.1 Å². The van der Waals surface area contributed by atoms with Gasteiger partial charge in [0, 0.05) is 22.7 Å². The number of nitro groups is 1. The molecule has 0 aliphatic heterocycles. The van der Waals surface area contributed by atoms with Gasteiger partial charge in [0.1, 0.15) is 6.07 Å². The molecule has 0 fully saturated rings. The highest BCUT2D eigenvalue weighted by Gasteiger charge is 2.35. The molecule has 1 aromatic heterocycles. The van der Waals surface area contributed by atoms with Crippen LogP contribution in [0.3, 0.4) is 0 Å². The van der Waals surface area contributed by atoms with Gasteiger partial charge in [0.2, 0.25) is 5.91 Å². The lowest BCUT2D eigenvalue weighted by Crippen LogP contribution is -2.16. The number of nitriles is 1. The van der Waals surface area contributed by atoms with E-state index in [1.54, 1.807) is 24.3 Å². The first kappa shape index (κ1) is 26.6. The number of nitro benzene ring substituents is 1. The molecule has 0 aliphatic rings. The third kappa shape index (κ3) is 5.77. The predicted molar refractivity (Wildman–Crippen MR) is 134 cm³/mol. The lowest BCUT2D eigenvalue weighted by atomic mass is 10.1. The summed E-state index contributed by atoms with van der Waals surface area (Å²) in [5.41, 5.74) is -1.17. The molecule has 1 heterocycles. The SMILES string of the molecule is N#Cc1cc([N+](=O)[O-])ccc1NC(=O)CSc1nnc(-c2cccc(Cl)c2)n1-c1ccccc1C(F)(F)F. The minimum Gasteiger partial charge on any atom is -0.324 e. The van der Waals surface area contributed by atoms with E-state index in [1.165, 1.54) is 34.9 Å². The summed E-state index contributed by atoms with van der Waals surface area (Å²) in [6, 6.07) is 16.4. The van der Waals surface area contributed by atoms with Crippen LogP contribution in [0, 0.1) is 21.4 Å². The van der Waals surface area contributed by atoms with Gasteiger partial charge in [-0.15, -0.1) is 10.2 Å². The van der Waals surface area contributed by atoms with Crippen LogP contribution in [0.5, 0.6) is 0 Å². The van der Waals surface area contributed by atoms with Gasteiger partial charge in [-0.05, 0) is 30.3 Å². The Morgan fingerprint density at radius 1 is 1.13 bits per heavy atom.